The number of aromatic nitrogens is 1. The molecule has 3 atom stereocenters. The Hall–Kier alpha value is -4.10. The van der Waals surface area contributed by atoms with Gasteiger partial charge in [-0.1, -0.05) is 47.4 Å². The quantitative estimate of drug-likeness (QED) is 0.314. The van der Waals surface area contributed by atoms with Crippen molar-refractivity contribution in [2.45, 2.75) is 35.8 Å². The van der Waals surface area contributed by atoms with Gasteiger partial charge >= 0.3 is 11.0 Å². The van der Waals surface area contributed by atoms with E-state index in [4.69, 9.17) is 4.42 Å². The Balaban J connectivity index is 1.40. The summed E-state index contributed by atoms with van der Waals surface area (Å²) in [5, 5.41) is 1.90. The normalized spacial score (nSPS) is 20.2. The van der Waals surface area contributed by atoms with E-state index in [-0.39, 0.29) is 12.3 Å². The molecule has 13 heteroatoms. The first-order valence-corrected chi connectivity index (χ1v) is 14.1. The number of nitrogens with zero attached hydrogens (tertiary/aromatic N) is 2. The van der Waals surface area contributed by atoms with E-state index in [1.165, 1.54) is 23.0 Å². The molecule has 210 valence electrons. The topological polar surface area (TPSA) is 102 Å². The van der Waals surface area contributed by atoms with E-state index < -0.39 is 57.1 Å². The number of thioether (sulfide) groups is 1. The number of halogens is 3. The van der Waals surface area contributed by atoms with Gasteiger partial charge in [0.25, 0.3) is 0 Å². The Bertz CT molecular complexity index is 1740. The number of carbonyl (C=O) groups excluding carboxylic acids is 3. The van der Waals surface area contributed by atoms with Gasteiger partial charge in [-0.15, -0.1) is 0 Å². The van der Waals surface area contributed by atoms with Gasteiger partial charge in [0.1, 0.15) is 17.6 Å². The minimum absolute atomic E-state index is 0.284. The molecule has 6 rings (SSSR count). The Kier molecular flexibility index (Phi) is 6.65. The van der Waals surface area contributed by atoms with Crippen LogP contribution in [0.4, 0.5) is 24.5 Å². The maximum atomic E-state index is 13.8. The van der Waals surface area contributed by atoms with E-state index >= 15 is 0 Å². The highest BCUT2D eigenvalue weighted by atomic mass is 32.2. The number of aryl methyl sites for hydroxylation is 1. The number of furan rings is 1. The molecule has 3 unspecified atom stereocenters. The third kappa shape index (κ3) is 4.68. The summed E-state index contributed by atoms with van der Waals surface area (Å²) in [5.74, 6) is -3.89. The summed E-state index contributed by atoms with van der Waals surface area (Å²) in [4.78, 5) is 54.1. The van der Waals surface area contributed by atoms with Crippen LogP contribution in [0.5, 0.6) is 0 Å². The monoisotopic (exact) mass is 599 g/mol. The first kappa shape index (κ1) is 27.1. The molecule has 0 spiro atoms. The molecule has 2 aliphatic heterocycles. The predicted molar refractivity (Wildman–Crippen MR) is 146 cm³/mol. The van der Waals surface area contributed by atoms with Gasteiger partial charge < -0.3 is 9.73 Å². The van der Waals surface area contributed by atoms with Crippen LogP contribution >= 0.6 is 23.1 Å². The predicted octanol–water partition coefficient (Wildman–Crippen LogP) is 5.26. The van der Waals surface area contributed by atoms with Crippen molar-refractivity contribution < 1.29 is 32.0 Å². The number of alkyl halides is 3. The van der Waals surface area contributed by atoms with E-state index in [1.54, 1.807) is 30.3 Å². The Morgan fingerprint density at radius 1 is 1.02 bits per heavy atom. The zero-order valence-electron chi connectivity index (χ0n) is 21.2. The van der Waals surface area contributed by atoms with Gasteiger partial charge in [-0.25, -0.2) is 4.90 Å². The van der Waals surface area contributed by atoms with Crippen LogP contribution in [0.3, 0.4) is 0 Å². The molecule has 0 saturated carbocycles. The summed E-state index contributed by atoms with van der Waals surface area (Å²) < 4.78 is 48.4. The maximum Gasteiger partial charge on any atom is 0.418 e. The second-order valence-corrected chi connectivity index (χ2v) is 11.7. The Morgan fingerprint density at radius 2 is 1.80 bits per heavy atom. The maximum absolute atomic E-state index is 13.8. The van der Waals surface area contributed by atoms with Crippen LogP contribution < -0.4 is 15.1 Å². The van der Waals surface area contributed by atoms with Crippen molar-refractivity contribution in [2.75, 3.05) is 10.2 Å². The van der Waals surface area contributed by atoms with Crippen LogP contribution in [0, 0.1) is 12.8 Å². The molecule has 1 fully saturated rings. The van der Waals surface area contributed by atoms with Gasteiger partial charge in [0, 0.05) is 5.69 Å². The van der Waals surface area contributed by atoms with Gasteiger partial charge in [-0.05, 0) is 48.9 Å². The highest BCUT2D eigenvalue weighted by molar-refractivity contribution is 8.00. The third-order valence-electron chi connectivity index (χ3n) is 6.95. The number of benzene rings is 2. The van der Waals surface area contributed by atoms with Gasteiger partial charge in [0.2, 0.25) is 17.7 Å². The molecular formula is C28H20F3N3O5S2. The van der Waals surface area contributed by atoms with E-state index in [0.717, 1.165) is 40.8 Å². The number of amides is 3. The standard InChI is InChI=1S/C28H20F3N3O5S2/c1-14-6-4-7-15(12-14)32-19(35)13-33-26-23(41-27(33)38)20(18-10-5-11-39-18)21-22(40-26)25(37)34(24(21)36)17-9-3-2-8-16(17)28(29,30)31/h2-12,20-22H,13H2,1H3,(H,32,35). The zero-order chi connectivity index (χ0) is 29.1. The van der Waals surface area contributed by atoms with Crippen LogP contribution in [0.1, 0.15) is 27.7 Å². The third-order valence-corrected chi connectivity index (χ3v) is 9.56. The first-order chi connectivity index (χ1) is 19.5. The molecule has 2 aliphatic rings. The van der Waals surface area contributed by atoms with Crippen LogP contribution in [-0.2, 0) is 27.1 Å². The number of anilines is 2. The fourth-order valence-corrected chi connectivity index (χ4v) is 8.00. The van der Waals surface area contributed by atoms with E-state index in [0.29, 0.717) is 20.5 Å². The molecule has 1 saturated heterocycles. The van der Waals surface area contributed by atoms with Gasteiger partial charge in [-0.2, -0.15) is 13.2 Å². The number of nitrogens with one attached hydrogen (secondary N) is 1. The molecule has 4 aromatic rings. The molecular weight excluding hydrogens is 579 g/mol. The number of rotatable bonds is 5. The lowest BCUT2D eigenvalue weighted by Crippen LogP contribution is -2.33. The van der Waals surface area contributed by atoms with Crippen LogP contribution in [0.2, 0.25) is 0 Å². The molecule has 1 N–H and O–H groups in total. The van der Waals surface area contributed by atoms with E-state index in [9.17, 15) is 32.3 Å². The molecule has 2 aromatic heterocycles. The van der Waals surface area contributed by atoms with Crippen LogP contribution in [-0.4, -0.2) is 27.5 Å². The van der Waals surface area contributed by atoms with Gasteiger partial charge in [0.05, 0.1) is 39.3 Å². The molecule has 2 aromatic carbocycles. The lowest BCUT2D eigenvalue weighted by atomic mass is 9.86. The van der Waals surface area contributed by atoms with Crippen LogP contribution in [0.25, 0.3) is 0 Å². The molecule has 8 nitrogen and oxygen atoms in total. The van der Waals surface area contributed by atoms with E-state index in [2.05, 4.69) is 5.32 Å². The largest absolute Gasteiger partial charge is 0.469 e. The van der Waals surface area contributed by atoms with Crippen molar-refractivity contribution in [3.8, 4) is 0 Å². The lowest BCUT2D eigenvalue weighted by Gasteiger charge is -2.29. The molecule has 0 bridgehead atoms. The van der Waals surface area contributed by atoms with Crippen molar-refractivity contribution in [2.24, 2.45) is 5.92 Å². The Morgan fingerprint density at radius 3 is 2.51 bits per heavy atom. The smallest absolute Gasteiger partial charge is 0.418 e. The van der Waals surface area contributed by atoms with Crippen molar-refractivity contribution in [3.05, 3.63) is 98.4 Å². The van der Waals surface area contributed by atoms with Crippen molar-refractivity contribution >= 4 is 52.2 Å². The fourth-order valence-electron chi connectivity index (χ4n) is 5.24. The molecule has 4 heterocycles. The molecule has 0 radical (unpaired) electrons. The molecule has 0 aliphatic carbocycles. The van der Waals surface area contributed by atoms with Gasteiger partial charge in [-0.3, -0.25) is 23.7 Å². The Labute approximate surface area is 238 Å². The number of hydrogen-bond acceptors (Lipinski definition) is 7. The number of imide groups is 1. The lowest BCUT2D eigenvalue weighted by molar-refractivity contribution is -0.137. The number of para-hydroxylation sites is 1. The highest BCUT2D eigenvalue weighted by Gasteiger charge is 2.58. The summed E-state index contributed by atoms with van der Waals surface area (Å²) in [6.45, 7) is 1.50. The second-order valence-electron chi connectivity index (χ2n) is 9.63. The summed E-state index contributed by atoms with van der Waals surface area (Å²) in [6.07, 6.45) is -3.43. The summed E-state index contributed by atoms with van der Waals surface area (Å²) in [7, 11) is 0. The molecule has 41 heavy (non-hydrogen) atoms. The molecule has 3 amide bonds. The van der Waals surface area contributed by atoms with Crippen molar-refractivity contribution in [3.63, 3.8) is 0 Å². The number of hydrogen-bond donors (Lipinski definition) is 1. The highest BCUT2D eigenvalue weighted by Crippen LogP contribution is 2.54. The average Bonchev–Trinajstić information content (AvgIpc) is 3.61. The summed E-state index contributed by atoms with van der Waals surface area (Å²) >= 11 is 1.72. The summed E-state index contributed by atoms with van der Waals surface area (Å²) in [5.41, 5.74) is -0.193. The van der Waals surface area contributed by atoms with Crippen molar-refractivity contribution in [1.29, 1.82) is 0 Å². The average molecular weight is 600 g/mol. The minimum atomic E-state index is -4.80. The SMILES string of the molecule is Cc1cccc(NC(=O)Cn2c3c(sc2=O)C(c2ccco2)C2C(=O)N(c4ccccc4C(F)(F)F)C(=O)C2S3)c1. The minimum Gasteiger partial charge on any atom is -0.469 e. The number of carbonyl (C=O) groups is 3. The zero-order valence-corrected chi connectivity index (χ0v) is 22.8. The van der Waals surface area contributed by atoms with Crippen molar-refractivity contribution in [1.82, 2.24) is 4.57 Å². The summed E-state index contributed by atoms with van der Waals surface area (Å²) in [6, 6.07) is 14.7. The number of thiazole rings is 1. The second kappa shape index (κ2) is 10.1. The van der Waals surface area contributed by atoms with Gasteiger partial charge in [0.15, 0.2) is 0 Å². The first-order valence-electron chi connectivity index (χ1n) is 12.4. The fraction of sp³-hybridized carbons (Fsp3) is 0.214. The van der Waals surface area contributed by atoms with Crippen LogP contribution in [0.15, 0.2) is 81.2 Å². The van der Waals surface area contributed by atoms with E-state index in [1.807, 2.05) is 13.0 Å². The number of fused-ring (bicyclic) bond motifs is 2.